The van der Waals surface area contributed by atoms with Crippen molar-refractivity contribution < 1.29 is 9.53 Å². The second-order valence-electron chi connectivity index (χ2n) is 4.54. The van der Waals surface area contributed by atoms with Gasteiger partial charge >= 0.3 is 0 Å². The van der Waals surface area contributed by atoms with Crippen molar-refractivity contribution in [3.05, 3.63) is 0 Å². The first-order valence-corrected chi connectivity index (χ1v) is 6.01. The van der Waals surface area contributed by atoms with Crippen molar-refractivity contribution >= 4 is 5.78 Å². The van der Waals surface area contributed by atoms with E-state index in [4.69, 9.17) is 4.74 Å². The van der Waals surface area contributed by atoms with Crippen LogP contribution in [0.15, 0.2) is 0 Å². The Bertz CT molecular complexity index is 198. The van der Waals surface area contributed by atoms with E-state index in [-0.39, 0.29) is 12.0 Å². The van der Waals surface area contributed by atoms with Gasteiger partial charge in [0.25, 0.3) is 0 Å². The van der Waals surface area contributed by atoms with Gasteiger partial charge in [-0.25, -0.2) is 0 Å². The van der Waals surface area contributed by atoms with Crippen LogP contribution in [0.1, 0.15) is 33.6 Å². The third-order valence-electron chi connectivity index (χ3n) is 3.04. The van der Waals surface area contributed by atoms with E-state index < -0.39 is 0 Å². The Morgan fingerprint density at radius 3 is 2.47 bits per heavy atom. The van der Waals surface area contributed by atoms with E-state index in [1.54, 1.807) is 0 Å². The lowest BCUT2D eigenvalue weighted by atomic mass is 9.85. The molecule has 0 radical (unpaired) electrons. The molecule has 1 fully saturated rings. The summed E-state index contributed by atoms with van der Waals surface area (Å²) >= 11 is 0. The highest BCUT2D eigenvalue weighted by Crippen LogP contribution is 2.21. The maximum Gasteiger partial charge on any atom is 0.152 e. The number of ether oxygens (including phenoxy) is 1. The highest BCUT2D eigenvalue weighted by Gasteiger charge is 2.30. The Morgan fingerprint density at radius 1 is 1.40 bits per heavy atom. The van der Waals surface area contributed by atoms with Crippen molar-refractivity contribution in [1.29, 1.82) is 0 Å². The van der Waals surface area contributed by atoms with E-state index in [0.29, 0.717) is 11.7 Å². The monoisotopic (exact) mass is 213 g/mol. The van der Waals surface area contributed by atoms with Crippen molar-refractivity contribution in [2.24, 2.45) is 11.8 Å². The molecule has 3 heteroatoms. The number of carbonyl (C=O) groups excluding carboxylic acids is 1. The zero-order valence-electron chi connectivity index (χ0n) is 10.1. The molecule has 1 rings (SSSR count). The summed E-state index contributed by atoms with van der Waals surface area (Å²) in [6, 6.07) is 0.0406. The Morgan fingerprint density at radius 2 is 2.00 bits per heavy atom. The zero-order chi connectivity index (χ0) is 11.3. The minimum Gasteiger partial charge on any atom is -0.381 e. The van der Waals surface area contributed by atoms with Crippen LogP contribution >= 0.6 is 0 Å². The molecule has 15 heavy (non-hydrogen) atoms. The average Bonchev–Trinajstić information content (AvgIpc) is 2.26. The molecule has 3 nitrogen and oxygen atoms in total. The van der Waals surface area contributed by atoms with Gasteiger partial charge in [0.05, 0.1) is 6.04 Å². The Hall–Kier alpha value is -0.410. The topological polar surface area (TPSA) is 38.3 Å². The van der Waals surface area contributed by atoms with Gasteiger partial charge in [0.15, 0.2) is 5.78 Å². The van der Waals surface area contributed by atoms with E-state index in [0.717, 1.165) is 32.6 Å². The molecule has 1 aliphatic heterocycles. The van der Waals surface area contributed by atoms with Crippen LogP contribution in [-0.2, 0) is 9.53 Å². The SMILES string of the molecule is CCN[C@H](C(=O)C(C)C)C1CCOCC1. The summed E-state index contributed by atoms with van der Waals surface area (Å²) in [5, 5.41) is 3.33. The quantitative estimate of drug-likeness (QED) is 0.754. The number of likely N-dealkylation sites (N-methyl/N-ethyl adjacent to an activating group) is 1. The molecule has 88 valence electrons. The fourth-order valence-electron chi connectivity index (χ4n) is 2.13. The lowest BCUT2D eigenvalue weighted by Gasteiger charge is -2.30. The molecule has 0 aromatic rings. The molecule has 1 saturated heterocycles. The van der Waals surface area contributed by atoms with Crippen molar-refractivity contribution in [2.45, 2.75) is 39.7 Å². The number of nitrogens with one attached hydrogen (secondary N) is 1. The number of rotatable bonds is 5. The van der Waals surface area contributed by atoms with E-state index in [2.05, 4.69) is 12.2 Å². The lowest BCUT2D eigenvalue weighted by Crippen LogP contribution is -2.46. The summed E-state index contributed by atoms with van der Waals surface area (Å²) in [6.07, 6.45) is 2.02. The normalized spacial score (nSPS) is 20.5. The molecular formula is C12H23NO2. The molecule has 0 unspecified atom stereocenters. The number of Topliss-reactive ketones (excluding diaryl/α,β-unsaturated/α-hetero) is 1. The van der Waals surface area contributed by atoms with Crippen LogP contribution < -0.4 is 5.32 Å². The molecule has 0 aromatic carbocycles. The Labute approximate surface area is 92.6 Å². The number of hydrogen-bond acceptors (Lipinski definition) is 3. The summed E-state index contributed by atoms with van der Waals surface area (Å²) in [5.41, 5.74) is 0. The summed E-state index contributed by atoms with van der Waals surface area (Å²) < 4.78 is 5.33. The van der Waals surface area contributed by atoms with Crippen LogP contribution in [0.25, 0.3) is 0 Å². The summed E-state index contributed by atoms with van der Waals surface area (Å²) in [5.74, 6) is 0.939. The predicted molar refractivity (Wildman–Crippen MR) is 60.9 cm³/mol. The first kappa shape index (κ1) is 12.7. The van der Waals surface area contributed by atoms with E-state index in [9.17, 15) is 4.79 Å². The molecule has 0 spiro atoms. The van der Waals surface area contributed by atoms with Crippen molar-refractivity contribution in [3.8, 4) is 0 Å². The fraction of sp³-hybridized carbons (Fsp3) is 0.917. The van der Waals surface area contributed by atoms with E-state index >= 15 is 0 Å². The third-order valence-corrected chi connectivity index (χ3v) is 3.04. The maximum atomic E-state index is 12.0. The van der Waals surface area contributed by atoms with E-state index in [1.165, 1.54) is 0 Å². The summed E-state index contributed by atoms with van der Waals surface area (Å²) in [6.45, 7) is 8.48. The molecular weight excluding hydrogens is 190 g/mol. The predicted octanol–water partition coefficient (Wildman–Crippen LogP) is 1.62. The van der Waals surface area contributed by atoms with Gasteiger partial charge in [-0.05, 0) is 25.3 Å². The Balaban J connectivity index is 2.58. The van der Waals surface area contributed by atoms with Crippen molar-refractivity contribution in [1.82, 2.24) is 5.32 Å². The van der Waals surface area contributed by atoms with Crippen LogP contribution in [0.4, 0.5) is 0 Å². The highest BCUT2D eigenvalue weighted by atomic mass is 16.5. The molecule has 1 atom stereocenters. The largest absolute Gasteiger partial charge is 0.381 e. The van der Waals surface area contributed by atoms with Crippen LogP contribution in [0.5, 0.6) is 0 Å². The first-order chi connectivity index (χ1) is 7.16. The second-order valence-corrected chi connectivity index (χ2v) is 4.54. The summed E-state index contributed by atoms with van der Waals surface area (Å²) in [4.78, 5) is 12.0. The first-order valence-electron chi connectivity index (χ1n) is 6.01. The van der Waals surface area contributed by atoms with Crippen LogP contribution in [0.2, 0.25) is 0 Å². The fourth-order valence-corrected chi connectivity index (χ4v) is 2.13. The van der Waals surface area contributed by atoms with Gasteiger partial charge in [0.1, 0.15) is 0 Å². The minimum absolute atomic E-state index is 0.0406. The minimum atomic E-state index is 0.0406. The lowest BCUT2D eigenvalue weighted by molar-refractivity contribution is -0.126. The molecule has 1 aliphatic rings. The van der Waals surface area contributed by atoms with Gasteiger partial charge in [-0.3, -0.25) is 4.79 Å². The highest BCUT2D eigenvalue weighted by molar-refractivity contribution is 5.86. The van der Waals surface area contributed by atoms with Crippen molar-refractivity contribution in [2.75, 3.05) is 19.8 Å². The van der Waals surface area contributed by atoms with Gasteiger partial charge in [0, 0.05) is 19.1 Å². The van der Waals surface area contributed by atoms with Crippen LogP contribution in [0.3, 0.4) is 0 Å². The van der Waals surface area contributed by atoms with Gasteiger partial charge in [-0.1, -0.05) is 20.8 Å². The van der Waals surface area contributed by atoms with Gasteiger partial charge in [-0.2, -0.15) is 0 Å². The summed E-state index contributed by atoms with van der Waals surface area (Å²) in [7, 11) is 0. The number of carbonyl (C=O) groups is 1. The Kier molecular flexibility index (Phi) is 5.26. The zero-order valence-corrected chi connectivity index (χ0v) is 10.1. The molecule has 0 aliphatic carbocycles. The van der Waals surface area contributed by atoms with Crippen LogP contribution in [-0.4, -0.2) is 31.6 Å². The second kappa shape index (κ2) is 6.23. The van der Waals surface area contributed by atoms with Gasteiger partial charge in [0.2, 0.25) is 0 Å². The van der Waals surface area contributed by atoms with Crippen LogP contribution in [0, 0.1) is 11.8 Å². The molecule has 1 N–H and O–H groups in total. The third kappa shape index (κ3) is 3.58. The number of hydrogen-bond donors (Lipinski definition) is 1. The van der Waals surface area contributed by atoms with Crippen molar-refractivity contribution in [3.63, 3.8) is 0 Å². The standard InChI is InChI=1S/C12H23NO2/c1-4-13-11(12(14)9(2)3)10-5-7-15-8-6-10/h9-11,13H,4-8H2,1-3H3/t11-/m0/s1. The average molecular weight is 213 g/mol. The number of ketones is 1. The molecule has 0 saturated carbocycles. The van der Waals surface area contributed by atoms with Gasteiger partial charge < -0.3 is 10.1 Å². The molecule has 0 aromatic heterocycles. The maximum absolute atomic E-state index is 12.0. The van der Waals surface area contributed by atoms with E-state index in [1.807, 2.05) is 13.8 Å². The van der Waals surface area contributed by atoms with Gasteiger partial charge in [-0.15, -0.1) is 0 Å². The molecule has 0 amide bonds. The molecule has 0 bridgehead atoms. The smallest absolute Gasteiger partial charge is 0.152 e. The molecule has 1 heterocycles.